The number of benzene rings is 2. The fourth-order valence-electron chi connectivity index (χ4n) is 1.89. The number of esters is 1. The second kappa shape index (κ2) is 7.33. The third kappa shape index (κ3) is 3.61. The van der Waals surface area contributed by atoms with Crippen LogP contribution in [-0.4, -0.2) is 25.2 Å². The van der Waals surface area contributed by atoms with Crippen molar-refractivity contribution in [1.82, 2.24) is 0 Å². The zero-order valence-electron chi connectivity index (χ0n) is 12.1. The number of amides is 1. The molecule has 0 saturated heterocycles. The fourth-order valence-corrected chi connectivity index (χ4v) is 2.65. The molecule has 0 fully saturated rings. The summed E-state index contributed by atoms with van der Waals surface area (Å²) < 4.78 is 4.66. The topological polar surface area (TPSA) is 55.4 Å². The predicted molar refractivity (Wildman–Crippen MR) is 89.0 cm³/mol. The van der Waals surface area contributed by atoms with Crippen molar-refractivity contribution < 1.29 is 14.3 Å². The first kappa shape index (κ1) is 16.4. The number of halogens is 1. The molecule has 6 heteroatoms. The predicted octanol–water partition coefficient (Wildman–Crippen LogP) is 4.10. The van der Waals surface area contributed by atoms with Crippen LogP contribution in [0.25, 0.3) is 0 Å². The van der Waals surface area contributed by atoms with Gasteiger partial charge in [-0.25, -0.2) is 4.79 Å². The van der Waals surface area contributed by atoms with Gasteiger partial charge in [0.1, 0.15) is 0 Å². The minimum absolute atomic E-state index is 0.283. The van der Waals surface area contributed by atoms with Crippen molar-refractivity contribution in [1.29, 1.82) is 0 Å². The molecule has 0 aliphatic carbocycles. The molecule has 0 spiro atoms. The Kier molecular flexibility index (Phi) is 5.46. The van der Waals surface area contributed by atoms with Gasteiger partial charge in [-0.05, 0) is 36.6 Å². The minimum Gasteiger partial charge on any atom is -0.465 e. The summed E-state index contributed by atoms with van der Waals surface area (Å²) in [6, 6.07) is 11.8. The van der Waals surface area contributed by atoms with E-state index in [9.17, 15) is 9.59 Å². The summed E-state index contributed by atoms with van der Waals surface area (Å²) in [6.07, 6.45) is 1.90. The third-order valence-corrected chi connectivity index (χ3v) is 4.11. The molecule has 2 rings (SSSR count). The van der Waals surface area contributed by atoms with E-state index in [2.05, 4.69) is 10.1 Å². The average Bonchev–Trinajstić information content (AvgIpc) is 2.55. The maximum Gasteiger partial charge on any atom is 0.337 e. The van der Waals surface area contributed by atoms with Crippen molar-refractivity contribution in [2.24, 2.45) is 0 Å². The fraction of sp³-hybridized carbons (Fsp3) is 0.125. The molecular weight excluding hydrogens is 322 g/mol. The van der Waals surface area contributed by atoms with Gasteiger partial charge >= 0.3 is 5.97 Å². The third-order valence-electron chi connectivity index (χ3n) is 2.99. The van der Waals surface area contributed by atoms with Gasteiger partial charge in [-0.15, -0.1) is 11.8 Å². The lowest BCUT2D eigenvalue weighted by atomic mass is 10.1. The normalized spacial score (nSPS) is 10.1. The summed E-state index contributed by atoms with van der Waals surface area (Å²) >= 11 is 7.56. The van der Waals surface area contributed by atoms with E-state index >= 15 is 0 Å². The van der Waals surface area contributed by atoms with Crippen LogP contribution < -0.4 is 5.32 Å². The largest absolute Gasteiger partial charge is 0.465 e. The van der Waals surface area contributed by atoms with Crippen LogP contribution >= 0.6 is 23.4 Å². The number of hydrogen-bond acceptors (Lipinski definition) is 4. The van der Waals surface area contributed by atoms with Crippen molar-refractivity contribution in [3.05, 3.63) is 58.6 Å². The molecule has 2 aromatic rings. The molecule has 0 radical (unpaired) electrons. The number of rotatable bonds is 4. The molecule has 4 nitrogen and oxygen atoms in total. The van der Waals surface area contributed by atoms with Crippen molar-refractivity contribution in [2.75, 3.05) is 18.7 Å². The van der Waals surface area contributed by atoms with Crippen molar-refractivity contribution in [3.63, 3.8) is 0 Å². The van der Waals surface area contributed by atoms with E-state index in [4.69, 9.17) is 11.6 Å². The van der Waals surface area contributed by atoms with E-state index < -0.39 is 5.97 Å². The Balaban J connectivity index is 2.30. The number of hydrogen-bond donors (Lipinski definition) is 1. The summed E-state index contributed by atoms with van der Waals surface area (Å²) in [7, 11) is 1.30. The highest BCUT2D eigenvalue weighted by Crippen LogP contribution is 2.26. The smallest absolute Gasteiger partial charge is 0.337 e. The van der Waals surface area contributed by atoms with Gasteiger partial charge in [-0.2, -0.15) is 0 Å². The maximum absolute atomic E-state index is 12.4. The highest BCUT2D eigenvalue weighted by atomic mass is 35.5. The van der Waals surface area contributed by atoms with Crippen LogP contribution in [0.1, 0.15) is 20.7 Å². The molecule has 0 aromatic heterocycles. The molecular formula is C16H14ClNO3S. The van der Waals surface area contributed by atoms with E-state index in [0.717, 1.165) is 4.90 Å². The Labute approximate surface area is 137 Å². The van der Waals surface area contributed by atoms with Gasteiger partial charge < -0.3 is 10.1 Å². The second-order valence-electron chi connectivity index (χ2n) is 4.34. The SMILES string of the molecule is COC(=O)c1ccc(Cl)c(NC(=O)c2ccccc2SC)c1. The molecule has 0 aliphatic rings. The van der Waals surface area contributed by atoms with E-state index in [1.54, 1.807) is 24.3 Å². The number of ether oxygens (including phenoxy) is 1. The second-order valence-corrected chi connectivity index (χ2v) is 5.60. The monoisotopic (exact) mass is 335 g/mol. The summed E-state index contributed by atoms with van der Waals surface area (Å²) in [4.78, 5) is 24.8. The Morgan fingerprint density at radius 3 is 2.59 bits per heavy atom. The number of carbonyl (C=O) groups is 2. The molecule has 114 valence electrons. The molecule has 0 heterocycles. The van der Waals surface area contributed by atoms with Gasteiger partial charge in [-0.3, -0.25) is 4.79 Å². The lowest BCUT2D eigenvalue weighted by Crippen LogP contribution is -2.14. The molecule has 0 bridgehead atoms. The van der Waals surface area contributed by atoms with Crippen LogP contribution in [0.2, 0.25) is 5.02 Å². The zero-order valence-corrected chi connectivity index (χ0v) is 13.6. The van der Waals surface area contributed by atoms with E-state index in [1.165, 1.54) is 24.9 Å². The number of nitrogens with one attached hydrogen (secondary N) is 1. The highest BCUT2D eigenvalue weighted by Gasteiger charge is 2.14. The Morgan fingerprint density at radius 2 is 1.91 bits per heavy atom. The van der Waals surface area contributed by atoms with Gasteiger partial charge in [-0.1, -0.05) is 23.7 Å². The van der Waals surface area contributed by atoms with Crippen molar-refractivity contribution in [3.8, 4) is 0 Å². The molecule has 1 N–H and O–H groups in total. The number of anilines is 1. The molecule has 22 heavy (non-hydrogen) atoms. The first-order valence-electron chi connectivity index (χ1n) is 6.39. The number of carbonyl (C=O) groups excluding carboxylic acids is 2. The zero-order chi connectivity index (χ0) is 16.1. The van der Waals surface area contributed by atoms with Crippen LogP contribution in [0.3, 0.4) is 0 Å². The van der Waals surface area contributed by atoms with Crippen LogP contribution in [0.15, 0.2) is 47.4 Å². The molecule has 0 aliphatic heterocycles. The van der Waals surface area contributed by atoms with Gasteiger partial charge in [0.2, 0.25) is 0 Å². The molecule has 0 atom stereocenters. The van der Waals surface area contributed by atoms with Gasteiger partial charge in [0.25, 0.3) is 5.91 Å². The van der Waals surface area contributed by atoms with Gasteiger partial charge in [0, 0.05) is 4.90 Å². The van der Waals surface area contributed by atoms with Gasteiger partial charge in [0.15, 0.2) is 0 Å². The van der Waals surface area contributed by atoms with E-state index in [1.807, 2.05) is 18.4 Å². The number of thioether (sulfide) groups is 1. The molecule has 1 amide bonds. The minimum atomic E-state index is -0.489. The molecule has 2 aromatic carbocycles. The number of methoxy groups -OCH3 is 1. The first-order valence-corrected chi connectivity index (χ1v) is 7.99. The lowest BCUT2D eigenvalue weighted by molar-refractivity contribution is 0.0600. The average molecular weight is 336 g/mol. The Bertz CT molecular complexity index is 718. The highest BCUT2D eigenvalue weighted by molar-refractivity contribution is 7.98. The van der Waals surface area contributed by atoms with Crippen LogP contribution in [0.4, 0.5) is 5.69 Å². The van der Waals surface area contributed by atoms with Crippen LogP contribution in [0.5, 0.6) is 0 Å². The van der Waals surface area contributed by atoms with Crippen LogP contribution in [-0.2, 0) is 4.74 Å². The lowest BCUT2D eigenvalue weighted by Gasteiger charge is -2.11. The summed E-state index contributed by atoms with van der Waals surface area (Å²) in [5.74, 6) is -0.773. The molecule has 0 unspecified atom stereocenters. The van der Waals surface area contributed by atoms with Crippen LogP contribution in [0, 0.1) is 0 Å². The standard InChI is InChI=1S/C16H14ClNO3S/c1-21-16(20)10-7-8-12(17)13(9-10)18-15(19)11-5-3-4-6-14(11)22-2/h3-9H,1-2H3,(H,18,19). The maximum atomic E-state index is 12.4. The Morgan fingerprint density at radius 1 is 1.18 bits per heavy atom. The quantitative estimate of drug-likeness (QED) is 0.675. The Hall–Kier alpha value is -1.98. The molecule has 0 saturated carbocycles. The van der Waals surface area contributed by atoms with Crippen molar-refractivity contribution >= 4 is 40.9 Å². The van der Waals surface area contributed by atoms with Gasteiger partial charge in [0.05, 0.1) is 28.9 Å². The first-order chi connectivity index (χ1) is 10.6. The van der Waals surface area contributed by atoms with E-state index in [0.29, 0.717) is 21.8 Å². The summed E-state index contributed by atoms with van der Waals surface area (Å²) in [6.45, 7) is 0. The van der Waals surface area contributed by atoms with Crippen molar-refractivity contribution in [2.45, 2.75) is 4.90 Å². The summed E-state index contributed by atoms with van der Waals surface area (Å²) in [5, 5.41) is 3.08. The van der Waals surface area contributed by atoms with E-state index in [-0.39, 0.29) is 5.91 Å². The summed E-state index contributed by atoms with van der Waals surface area (Å²) in [5.41, 5.74) is 1.24.